The van der Waals surface area contributed by atoms with Gasteiger partial charge in [0.2, 0.25) is 11.8 Å². The van der Waals surface area contributed by atoms with Crippen LogP contribution in [0.5, 0.6) is 0 Å². The molecule has 2 rings (SSSR count). The minimum atomic E-state index is -0.787. The summed E-state index contributed by atoms with van der Waals surface area (Å²) < 4.78 is 0. The molecule has 6 nitrogen and oxygen atoms in total. The summed E-state index contributed by atoms with van der Waals surface area (Å²) >= 11 is 0. The monoisotopic (exact) mass is 268 g/mol. The molecule has 0 aromatic carbocycles. The van der Waals surface area contributed by atoms with Gasteiger partial charge in [0.1, 0.15) is 0 Å². The fraction of sp³-hybridized carbons (Fsp3) is 0.769. The maximum atomic E-state index is 12.0. The van der Waals surface area contributed by atoms with Gasteiger partial charge in [-0.3, -0.25) is 14.4 Å². The van der Waals surface area contributed by atoms with Gasteiger partial charge in [0.25, 0.3) is 0 Å². The molecule has 0 aromatic heterocycles. The van der Waals surface area contributed by atoms with E-state index in [1.807, 2.05) is 6.92 Å². The first kappa shape index (κ1) is 13.8. The highest BCUT2D eigenvalue weighted by Gasteiger charge is 2.36. The molecule has 2 N–H and O–H groups in total. The Labute approximate surface area is 112 Å². The SMILES string of the molecule is CCN1CC(C(=O)N[C@@H]2CC[C@H](C(=O)O)C2)CC1=O. The number of carboxylic acid groups (broad SMARTS) is 1. The highest BCUT2D eigenvalue weighted by molar-refractivity contribution is 5.89. The van der Waals surface area contributed by atoms with Gasteiger partial charge in [0, 0.05) is 25.6 Å². The number of rotatable bonds is 4. The molecule has 0 bridgehead atoms. The van der Waals surface area contributed by atoms with Crippen LogP contribution in [0, 0.1) is 11.8 Å². The standard InChI is InChI=1S/C13H20N2O4/c1-2-15-7-9(6-11(15)16)12(17)14-10-4-3-8(5-10)13(18)19/h8-10H,2-7H2,1H3,(H,14,17)(H,18,19)/t8-,9?,10+/m0/s1. The van der Waals surface area contributed by atoms with E-state index in [0.29, 0.717) is 32.4 Å². The molecule has 1 heterocycles. The number of likely N-dealkylation sites (tertiary alicyclic amines) is 1. The van der Waals surface area contributed by atoms with Crippen molar-refractivity contribution in [2.75, 3.05) is 13.1 Å². The number of nitrogens with zero attached hydrogens (tertiary/aromatic N) is 1. The van der Waals surface area contributed by atoms with E-state index in [-0.39, 0.29) is 36.1 Å². The Kier molecular flexibility index (Phi) is 4.07. The van der Waals surface area contributed by atoms with Gasteiger partial charge >= 0.3 is 5.97 Å². The van der Waals surface area contributed by atoms with Crippen LogP contribution in [0.25, 0.3) is 0 Å². The van der Waals surface area contributed by atoms with Crippen LogP contribution in [-0.2, 0) is 14.4 Å². The van der Waals surface area contributed by atoms with Crippen molar-refractivity contribution >= 4 is 17.8 Å². The summed E-state index contributed by atoms with van der Waals surface area (Å²) in [5.74, 6) is -1.50. The highest BCUT2D eigenvalue weighted by atomic mass is 16.4. The topological polar surface area (TPSA) is 86.7 Å². The quantitative estimate of drug-likeness (QED) is 0.764. The summed E-state index contributed by atoms with van der Waals surface area (Å²) in [5.41, 5.74) is 0. The van der Waals surface area contributed by atoms with Crippen molar-refractivity contribution < 1.29 is 19.5 Å². The van der Waals surface area contributed by atoms with Crippen molar-refractivity contribution in [1.82, 2.24) is 10.2 Å². The lowest BCUT2D eigenvalue weighted by atomic mass is 10.1. The molecule has 0 aromatic rings. The molecule has 1 saturated carbocycles. The van der Waals surface area contributed by atoms with Gasteiger partial charge in [-0.15, -0.1) is 0 Å². The molecular formula is C13H20N2O4. The van der Waals surface area contributed by atoms with Gasteiger partial charge in [0.05, 0.1) is 11.8 Å². The minimum absolute atomic E-state index is 0.0254. The van der Waals surface area contributed by atoms with Gasteiger partial charge in [-0.25, -0.2) is 0 Å². The molecule has 2 amide bonds. The van der Waals surface area contributed by atoms with Crippen molar-refractivity contribution in [3.05, 3.63) is 0 Å². The molecule has 6 heteroatoms. The van der Waals surface area contributed by atoms with E-state index in [1.165, 1.54) is 0 Å². The van der Waals surface area contributed by atoms with Gasteiger partial charge in [-0.1, -0.05) is 0 Å². The Balaban J connectivity index is 1.83. The van der Waals surface area contributed by atoms with E-state index >= 15 is 0 Å². The van der Waals surface area contributed by atoms with Gasteiger partial charge in [-0.05, 0) is 26.2 Å². The molecule has 1 aliphatic heterocycles. The van der Waals surface area contributed by atoms with Crippen LogP contribution in [-0.4, -0.2) is 46.9 Å². The third kappa shape index (κ3) is 3.05. The Morgan fingerprint density at radius 3 is 2.63 bits per heavy atom. The van der Waals surface area contributed by atoms with E-state index < -0.39 is 5.97 Å². The Morgan fingerprint density at radius 2 is 2.11 bits per heavy atom. The zero-order valence-electron chi connectivity index (χ0n) is 11.1. The summed E-state index contributed by atoms with van der Waals surface area (Å²) in [6.07, 6.45) is 2.10. The molecule has 19 heavy (non-hydrogen) atoms. The second-order valence-corrected chi connectivity index (χ2v) is 5.39. The van der Waals surface area contributed by atoms with E-state index in [2.05, 4.69) is 5.32 Å². The fourth-order valence-electron chi connectivity index (χ4n) is 2.91. The first-order chi connectivity index (χ1) is 9.01. The third-order valence-corrected chi connectivity index (χ3v) is 4.10. The number of nitrogens with one attached hydrogen (secondary N) is 1. The number of carbonyl (C=O) groups is 3. The van der Waals surface area contributed by atoms with Gasteiger partial charge in [0.15, 0.2) is 0 Å². The molecule has 0 spiro atoms. The van der Waals surface area contributed by atoms with E-state index in [4.69, 9.17) is 5.11 Å². The lowest BCUT2D eigenvalue weighted by Gasteiger charge is -2.16. The summed E-state index contributed by atoms with van der Waals surface area (Å²) in [6, 6.07) is -0.0561. The number of carbonyl (C=O) groups excluding carboxylic acids is 2. The zero-order valence-corrected chi connectivity index (χ0v) is 11.1. The average Bonchev–Trinajstić information content (AvgIpc) is 2.95. The van der Waals surface area contributed by atoms with E-state index in [1.54, 1.807) is 4.90 Å². The zero-order chi connectivity index (χ0) is 14.0. The van der Waals surface area contributed by atoms with Crippen LogP contribution in [0.1, 0.15) is 32.6 Å². The van der Waals surface area contributed by atoms with Gasteiger partial charge in [-0.2, -0.15) is 0 Å². The van der Waals surface area contributed by atoms with Gasteiger partial charge < -0.3 is 15.3 Å². The molecule has 0 radical (unpaired) electrons. The fourth-order valence-corrected chi connectivity index (χ4v) is 2.91. The molecule has 1 saturated heterocycles. The van der Waals surface area contributed by atoms with Crippen molar-refractivity contribution in [2.24, 2.45) is 11.8 Å². The lowest BCUT2D eigenvalue weighted by molar-refractivity contribution is -0.141. The molecule has 1 aliphatic carbocycles. The highest BCUT2D eigenvalue weighted by Crippen LogP contribution is 2.26. The summed E-state index contributed by atoms with van der Waals surface area (Å²) in [6.45, 7) is 3.01. The van der Waals surface area contributed by atoms with E-state index in [9.17, 15) is 14.4 Å². The van der Waals surface area contributed by atoms with Crippen molar-refractivity contribution in [3.63, 3.8) is 0 Å². The second kappa shape index (κ2) is 5.59. The molecule has 1 unspecified atom stereocenters. The number of hydrogen-bond acceptors (Lipinski definition) is 3. The predicted molar refractivity (Wildman–Crippen MR) is 67.3 cm³/mol. The minimum Gasteiger partial charge on any atom is -0.481 e. The normalized spacial score (nSPS) is 30.7. The number of amides is 2. The Morgan fingerprint density at radius 1 is 1.37 bits per heavy atom. The second-order valence-electron chi connectivity index (χ2n) is 5.39. The number of hydrogen-bond donors (Lipinski definition) is 2. The maximum Gasteiger partial charge on any atom is 0.306 e. The summed E-state index contributed by atoms with van der Waals surface area (Å²) in [5, 5.41) is 11.8. The predicted octanol–water partition coefficient (Wildman–Crippen LogP) is 0.224. The number of aliphatic carboxylic acids is 1. The molecule has 2 aliphatic rings. The summed E-state index contributed by atoms with van der Waals surface area (Å²) in [4.78, 5) is 36.1. The van der Waals surface area contributed by atoms with Crippen molar-refractivity contribution in [1.29, 1.82) is 0 Å². The first-order valence-corrected chi connectivity index (χ1v) is 6.82. The number of carboxylic acids is 1. The van der Waals surface area contributed by atoms with Crippen LogP contribution in [0.4, 0.5) is 0 Å². The molecular weight excluding hydrogens is 248 g/mol. The smallest absolute Gasteiger partial charge is 0.306 e. The lowest BCUT2D eigenvalue weighted by Crippen LogP contribution is -2.38. The van der Waals surface area contributed by atoms with Crippen LogP contribution < -0.4 is 5.32 Å². The molecule has 3 atom stereocenters. The van der Waals surface area contributed by atoms with Crippen LogP contribution in [0.15, 0.2) is 0 Å². The van der Waals surface area contributed by atoms with Crippen molar-refractivity contribution in [3.8, 4) is 0 Å². The van der Waals surface area contributed by atoms with Crippen LogP contribution >= 0.6 is 0 Å². The third-order valence-electron chi connectivity index (χ3n) is 4.10. The first-order valence-electron chi connectivity index (χ1n) is 6.82. The maximum absolute atomic E-state index is 12.0. The molecule has 2 fully saturated rings. The Hall–Kier alpha value is -1.59. The van der Waals surface area contributed by atoms with Crippen molar-refractivity contribution in [2.45, 2.75) is 38.6 Å². The Bertz CT molecular complexity index is 396. The molecule has 106 valence electrons. The summed E-state index contributed by atoms with van der Waals surface area (Å²) in [7, 11) is 0. The van der Waals surface area contributed by atoms with Crippen LogP contribution in [0.3, 0.4) is 0 Å². The average molecular weight is 268 g/mol. The van der Waals surface area contributed by atoms with Crippen LogP contribution in [0.2, 0.25) is 0 Å². The van der Waals surface area contributed by atoms with E-state index in [0.717, 1.165) is 0 Å². The largest absolute Gasteiger partial charge is 0.481 e.